The van der Waals surface area contributed by atoms with Crippen LogP contribution in [0.5, 0.6) is 5.75 Å². The van der Waals surface area contributed by atoms with Crippen LogP contribution in [-0.4, -0.2) is 17.5 Å². The number of esters is 1. The van der Waals surface area contributed by atoms with Crippen molar-refractivity contribution in [2.45, 2.75) is 25.9 Å². The molecule has 0 fully saturated rings. The Balaban J connectivity index is 1.92. The van der Waals surface area contributed by atoms with Crippen molar-refractivity contribution in [3.8, 4) is 16.9 Å². The maximum Gasteiger partial charge on any atom is 0.305 e. The van der Waals surface area contributed by atoms with Gasteiger partial charge in [0.15, 0.2) is 0 Å². The van der Waals surface area contributed by atoms with Gasteiger partial charge in [-0.15, -0.1) is 0 Å². The Bertz CT molecular complexity index is 787. The Morgan fingerprint density at radius 1 is 1.25 bits per heavy atom. The Hall–Kier alpha value is -2.89. The van der Waals surface area contributed by atoms with Crippen LogP contribution in [0.3, 0.4) is 0 Å². The first kappa shape index (κ1) is 16.0. The summed E-state index contributed by atoms with van der Waals surface area (Å²) >= 11 is 0. The summed E-state index contributed by atoms with van der Waals surface area (Å²) in [5.74, 6) is 0.334. The zero-order valence-electron chi connectivity index (χ0n) is 13.2. The van der Waals surface area contributed by atoms with Crippen molar-refractivity contribution in [2.24, 2.45) is 0 Å². The van der Waals surface area contributed by atoms with Gasteiger partial charge in [-0.3, -0.25) is 14.9 Å². The topological polar surface area (TPSA) is 78.7 Å². The molecule has 124 valence electrons. The highest BCUT2D eigenvalue weighted by atomic mass is 16.6. The van der Waals surface area contributed by atoms with Crippen molar-refractivity contribution in [1.29, 1.82) is 0 Å². The van der Waals surface area contributed by atoms with Crippen LogP contribution < -0.4 is 4.74 Å². The lowest BCUT2D eigenvalue weighted by Gasteiger charge is -2.28. The standard InChI is InChI=1S/C18H17NO5/c1-2-23-18(20)10-9-16-14-6-4-3-5-13(14)15-11-12(19(21)22)7-8-17(15)24-16/h3-8,11,16H,2,9-10H2,1H3. The average Bonchev–Trinajstić information content (AvgIpc) is 2.59. The van der Waals surface area contributed by atoms with E-state index in [2.05, 4.69) is 0 Å². The van der Waals surface area contributed by atoms with Gasteiger partial charge < -0.3 is 9.47 Å². The van der Waals surface area contributed by atoms with Crippen LogP contribution >= 0.6 is 0 Å². The van der Waals surface area contributed by atoms with Gasteiger partial charge >= 0.3 is 5.97 Å². The predicted octanol–water partition coefficient (Wildman–Crippen LogP) is 4.04. The Morgan fingerprint density at radius 3 is 2.79 bits per heavy atom. The highest BCUT2D eigenvalue weighted by Gasteiger charge is 2.27. The number of fused-ring (bicyclic) bond motifs is 3. The first-order valence-electron chi connectivity index (χ1n) is 7.80. The summed E-state index contributed by atoms with van der Waals surface area (Å²) in [6.07, 6.45) is 0.473. The summed E-state index contributed by atoms with van der Waals surface area (Å²) in [5, 5.41) is 11.0. The molecule has 24 heavy (non-hydrogen) atoms. The summed E-state index contributed by atoms with van der Waals surface area (Å²) in [6.45, 7) is 2.13. The van der Waals surface area contributed by atoms with E-state index in [1.54, 1.807) is 13.0 Å². The van der Waals surface area contributed by atoms with E-state index in [1.807, 2.05) is 24.3 Å². The van der Waals surface area contributed by atoms with Crippen LogP contribution in [0, 0.1) is 10.1 Å². The van der Waals surface area contributed by atoms with Gasteiger partial charge in [-0.05, 0) is 25.0 Å². The number of ether oxygens (including phenoxy) is 2. The summed E-state index contributed by atoms with van der Waals surface area (Å²) < 4.78 is 11.0. The van der Waals surface area contributed by atoms with Crippen molar-refractivity contribution in [1.82, 2.24) is 0 Å². The number of benzene rings is 2. The lowest BCUT2D eigenvalue weighted by atomic mass is 9.91. The summed E-state index contributed by atoms with van der Waals surface area (Å²) in [6, 6.07) is 12.2. The van der Waals surface area contributed by atoms with E-state index in [9.17, 15) is 14.9 Å². The number of hydrogen-bond acceptors (Lipinski definition) is 5. The zero-order valence-corrected chi connectivity index (χ0v) is 13.2. The number of hydrogen-bond donors (Lipinski definition) is 0. The maximum atomic E-state index is 11.6. The van der Waals surface area contributed by atoms with Crippen LogP contribution in [-0.2, 0) is 9.53 Å². The largest absolute Gasteiger partial charge is 0.485 e. The number of nitro benzene ring substituents is 1. The first-order chi connectivity index (χ1) is 11.6. The maximum absolute atomic E-state index is 11.6. The minimum absolute atomic E-state index is 0.0251. The van der Waals surface area contributed by atoms with Crippen molar-refractivity contribution in [2.75, 3.05) is 6.61 Å². The Kier molecular flexibility index (Phi) is 4.46. The number of rotatable bonds is 5. The Morgan fingerprint density at radius 2 is 2.04 bits per heavy atom. The van der Waals surface area contributed by atoms with Crippen LogP contribution in [0.15, 0.2) is 42.5 Å². The normalized spacial score (nSPS) is 15.0. The predicted molar refractivity (Wildman–Crippen MR) is 87.8 cm³/mol. The fraction of sp³-hybridized carbons (Fsp3) is 0.278. The second-order valence-corrected chi connectivity index (χ2v) is 5.48. The molecule has 1 atom stereocenters. The molecule has 6 heteroatoms. The fourth-order valence-corrected chi connectivity index (χ4v) is 2.88. The molecule has 0 aliphatic carbocycles. The van der Waals surface area contributed by atoms with Gasteiger partial charge in [-0.2, -0.15) is 0 Å². The molecule has 2 aromatic carbocycles. The zero-order chi connectivity index (χ0) is 17.1. The van der Waals surface area contributed by atoms with Crippen molar-refractivity contribution < 1.29 is 19.2 Å². The molecule has 2 aromatic rings. The second-order valence-electron chi connectivity index (χ2n) is 5.48. The van der Waals surface area contributed by atoms with Crippen molar-refractivity contribution in [3.05, 3.63) is 58.1 Å². The molecule has 0 saturated carbocycles. The molecular formula is C18H17NO5. The smallest absolute Gasteiger partial charge is 0.305 e. The highest BCUT2D eigenvalue weighted by molar-refractivity contribution is 5.78. The fourth-order valence-electron chi connectivity index (χ4n) is 2.88. The third kappa shape index (κ3) is 3.08. The lowest BCUT2D eigenvalue weighted by Crippen LogP contribution is -2.16. The van der Waals surface area contributed by atoms with Gasteiger partial charge in [-0.1, -0.05) is 24.3 Å². The van der Waals surface area contributed by atoms with E-state index in [0.29, 0.717) is 24.3 Å². The highest BCUT2D eigenvalue weighted by Crippen LogP contribution is 2.44. The minimum atomic E-state index is -0.421. The molecule has 0 radical (unpaired) electrons. The molecule has 0 bridgehead atoms. The second kappa shape index (κ2) is 6.70. The molecule has 1 unspecified atom stereocenters. The summed E-state index contributed by atoms with van der Waals surface area (Å²) in [7, 11) is 0. The molecule has 0 amide bonds. The van der Waals surface area contributed by atoms with Crippen LogP contribution in [0.1, 0.15) is 31.4 Å². The van der Waals surface area contributed by atoms with Gasteiger partial charge in [0.1, 0.15) is 11.9 Å². The third-order valence-electron chi connectivity index (χ3n) is 3.96. The van der Waals surface area contributed by atoms with Crippen LogP contribution in [0.25, 0.3) is 11.1 Å². The SMILES string of the molecule is CCOC(=O)CCC1Oc2ccc([N+](=O)[O-])cc2-c2ccccc21. The molecule has 0 N–H and O–H groups in total. The van der Waals surface area contributed by atoms with Crippen molar-refractivity contribution >= 4 is 11.7 Å². The van der Waals surface area contributed by atoms with E-state index in [1.165, 1.54) is 12.1 Å². The van der Waals surface area contributed by atoms with Gasteiger partial charge in [0.05, 0.1) is 11.5 Å². The molecule has 1 aliphatic heterocycles. The molecule has 1 heterocycles. The molecule has 1 aliphatic rings. The van der Waals surface area contributed by atoms with E-state index >= 15 is 0 Å². The number of non-ortho nitro benzene ring substituents is 1. The first-order valence-corrected chi connectivity index (χ1v) is 7.80. The van der Waals surface area contributed by atoms with Crippen molar-refractivity contribution in [3.63, 3.8) is 0 Å². The number of nitro groups is 1. The van der Waals surface area contributed by atoms with Gasteiger partial charge in [0, 0.05) is 29.7 Å². The van der Waals surface area contributed by atoms with Crippen LogP contribution in [0.4, 0.5) is 5.69 Å². The number of carbonyl (C=O) groups excluding carboxylic acids is 1. The molecule has 0 aromatic heterocycles. The summed E-state index contributed by atoms with van der Waals surface area (Å²) in [4.78, 5) is 22.2. The quantitative estimate of drug-likeness (QED) is 0.470. The molecular weight excluding hydrogens is 310 g/mol. The van der Waals surface area contributed by atoms with Gasteiger partial charge in [0.2, 0.25) is 0 Å². The van der Waals surface area contributed by atoms with E-state index in [0.717, 1.165) is 11.1 Å². The molecule has 0 saturated heterocycles. The average molecular weight is 327 g/mol. The van der Waals surface area contributed by atoms with E-state index in [4.69, 9.17) is 9.47 Å². The number of carbonyl (C=O) groups is 1. The number of nitrogens with zero attached hydrogens (tertiary/aromatic N) is 1. The van der Waals surface area contributed by atoms with E-state index in [-0.39, 0.29) is 24.2 Å². The minimum Gasteiger partial charge on any atom is -0.485 e. The Labute approximate surface area is 139 Å². The monoisotopic (exact) mass is 327 g/mol. The van der Waals surface area contributed by atoms with Gasteiger partial charge in [0.25, 0.3) is 5.69 Å². The summed E-state index contributed by atoms with van der Waals surface area (Å²) in [5.41, 5.74) is 2.55. The van der Waals surface area contributed by atoms with Gasteiger partial charge in [-0.25, -0.2) is 0 Å². The molecule has 3 rings (SSSR count). The van der Waals surface area contributed by atoms with Crippen LogP contribution in [0.2, 0.25) is 0 Å². The van der Waals surface area contributed by atoms with E-state index < -0.39 is 4.92 Å². The molecule has 6 nitrogen and oxygen atoms in total. The molecule has 0 spiro atoms. The lowest BCUT2D eigenvalue weighted by molar-refractivity contribution is -0.384. The third-order valence-corrected chi connectivity index (χ3v) is 3.96.